The maximum Gasteiger partial charge on any atom is 0.0951 e. The minimum atomic E-state index is -0.449. The van der Waals surface area contributed by atoms with E-state index in [2.05, 4.69) is 5.32 Å². The van der Waals surface area contributed by atoms with E-state index in [0.717, 1.165) is 38.0 Å². The van der Waals surface area contributed by atoms with Gasteiger partial charge in [0.25, 0.3) is 0 Å². The molecule has 1 aromatic carbocycles. The Kier molecular flexibility index (Phi) is 4.36. The van der Waals surface area contributed by atoms with E-state index in [9.17, 15) is 5.11 Å². The Morgan fingerprint density at radius 3 is 2.90 bits per heavy atom. The predicted octanol–water partition coefficient (Wildman–Crippen LogP) is 1.65. The van der Waals surface area contributed by atoms with Crippen molar-refractivity contribution < 1.29 is 14.6 Å². The van der Waals surface area contributed by atoms with Gasteiger partial charge in [0.1, 0.15) is 0 Å². The van der Waals surface area contributed by atoms with Gasteiger partial charge in [0.15, 0.2) is 0 Å². The fraction of sp³-hybridized carbons (Fsp3) is 0.625. The summed E-state index contributed by atoms with van der Waals surface area (Å²) in [7, 11) is 0. The molecular weight excluding hydrogens is 254 g/mol. The lowest BCUT2D eigenvalue weighted by atomic mass is 9.89. The predicted molar refractivity (Wildman–Crippen MR) is 76.5 cm³/mol. The minimum absolute atomic E-state index is 0.0758. The molecule has 2 aliphatic heterocycles. The number of rotatable bonds is 4. The number of hydrogen-bond donors (Lipinski definition) is 2. The second-order valence-corrected chi connectivity index (χ2v) is 5.86. The summed E-state index contributed by atoms with van der Waals surface area (Å²) in [5.41, 5.74) is 0.888. The van der Waals surface area contributed by atoms with Crippen LogP contribution >= 0.6 is 0 Å². The number of nitrogens with one attached hydrogen (secondary N) is 1. The number of aliphatic hydroxyl groups is 1. The maximum absolute atomic E-state index is 10.2. The molecule has 2 saturated heterocycles. The Morgan fingerprint density at radius 1 is 1.30 bits per heavy atom. The Morgan fingerprint density at radius 2 is 2.15 bits per heavy atom. The first-order valence-corrected chi connectivity index (χ1v) is 7.46. The van der Waals surface area contributed by atoms with Crippen LogP contribution in [-0.2, 0) is 9.47 Å². The molecule has 4 nitrogen and oxygen atoms in total. The zero-order valence-electron chi connectivity index (χ0n) is 11.8. The first-order chi connectivity index (χ1) is 9.77. The minimum Gasteiger partial charge on any atom is -0.387 e. The summed E-state index contributed by atoms with van der Waals surface area (Å²) in [6.07, 6.45) is 2.53. The topological polar surface area (TPSA) is 50.7 Å². The van der Waals surface area contributed by atoms with Crippen molar-refractivity contribution in [1.82, 2.24) is 5.32 Å². The molecule has 0 radical (unpaired) electrons. The van der Waals surface area contributed by atoms with Crippen molar-refractivity contribution in [3.8, 4) is 0 Å². The zero-order valence-corrected chi connectivity index (χ0v) is 11.8. The van der Waals surface area contributed by atoms with E-state index in [1.807, 2.05) is 30.3 Å². The first kappa shape index (κ1) is 14.0. The average Bonchev–Trinajstić information content (AvgIpc) is 2.93. The Hall–Kier alpha value is -0.940. The van der Waals surface area contributed by atoms with E-state index in [0.29, 0.717) is 19.2 Å². The van der Waals surface area contributed by atoms with Gasteiger partial charge in [-0.15, -0.1) is 0 Å². The Balaban J connectivity index is 1.51. The zero-order chi connectivity index (χ0) is 13.8. The standard InChI is InChI=1S/C16H23NO3/c18-15(13-4-2-1-3-5-13)11-17-14-6-8-20-16(10-14)7-9-19-12-16/h1-5,14-15,17-18H,6-12H2. The number of hydrogen-bond acceptors (Lipinski definition) is 4. The van der Waals surface area contributed by atoms with Crippen LogP contribution in [0.15, 0.2) is 30.3 Å². The van der Waals surface area contributed by atoms with Crippen molar-refractivity contribution in [2.24, 2.45) is 0 Å². The third-order valence-electron chi connectivity index (χ3n) is 4.34. The Labute approximate surface area is 120 Å². The molecule has 20 heavy (non-hydrogen) atoms. The number of aliphatic hydroxyl groups excluding tert-OH is 1. The normalized spacial score (nSPS) is 31.6. The van der Waals surface area contributed by atoms with E-state index in [-0.39, 0.29) is 5.60 Å². The molecule has 0 aliphatic carbocycles. The SMILES string of the molecule is OC(CNC1CCOC2(CCOC2)C1)c1ccccc1. The van der Waals surface area contributed by atoms with E-state index < -0.39 is 6.10 Å². The highest BCUT2D eigenvalue weighted by Crippen LogP contribution is 2.32. The van der Waals surface area contributed by atoms with Crippen LogP contribution in [0.2, 0.25) is 0 Å². The molecule has 0 saturated carbocycles. The molecule has 2 fully saturated rings. The molecule has 1 spiro atoms. The fourth-order valence-corrected chi connectivity index (χ4v) is 3.14. The van der Waals surface area contributed by atoms with Crippen LogP contribution in [0, 0.1) is 0 Å². The summed E-state index contributed by atoms with van der Waals surface area (Å²) in [4.78, 5) is 0. The van der Waals surface area contributed by atoms with Crippen LogP contribution < -0.4 is 5.32 Å². The molecule has 110 valence electrons. The van der Waals surface area contributed by atoms with Gasteiger partial charge in [0.2, 0.25) is 0 Å². The third-order valence-corrected chi connectivity index (χ3v) is 4.34. The maximum atomic E-state index is 10.2. The van der Waals surface area contributed by atoms with Crippen molar-refractivity contribution in [1.29, 1.82) is 0 Å². The molecular formula is C16H23NO3. The highest BCUT2D eigenvalue weighted by atomic mass is 16.6. The van der Waals surface area contributed by atoms with Gasteiger partial charge in [-0.2, -0.15) is 0 Å². The highest BCUT2D eigenvalue weighted by molar-refractivity contribution is 5.17. The lowest BCUT2D eigenvalue weighted by molar-refractivity contribution is -0.0900. The third kappa shape index (κ3) is 3.20. The molecule has 1 aromatic rings. The molecule has 2 aliphatic rings. The van der Waals surface area contributed by atoms with Gasteiger partial charge in [0.05, 0.1) is 18.3 Å². The summed E-state index contributed by atoms with van der Waals surface area (Å²) in [6, 6.07) is 10.2. The summed E-state index contributed by atoms with van der Waals surface area (Å²) in [6.45, 7) is 2.89. The van der Waals surface area contributed by atoms with E-state index in [1.165, 1.54) is 0 Å². The van der Waals surface area contributed by atoms with Crippen molar-refractivity contribution in [3.63, 3.8) is 0 Å². The largest absolute Gasteiger partial charge is 0.387 e. The van der Waals surface area contributed by atoms with Gasteiger partial charge < -0.3 is 19.9 Å². The molecule has 0 amide bonds. The van der Waals surface area contributed by atoms with E-state index in [4.69, 9.17) is 9.47 Å². The lowest BCUT2D eigenvalue weighted by Crippen LogP contribution is -2.48. The number of benzene rings is 1. The van der Waals surface area contributed by atoms with Gasteiger partial charge in [0, 0.05) is 32.2 Å². The van der Waals surface area contributed by atoms with Gasteiger partial charge in [-0.05, 0) is 18.4 Å². The van der Waals surface area contributed by atoms with Crippen molar-refractivity contribution in [2.45, 2.75) is 37.0 Å². The van der Waals surface area contributed by atoms with Crippen LogP contribution in [0.25, 0.3) is 0 Å². The summed E-state index contributed by atoms with van der Waals surface area (Å²) < 4.78 is 11.4. The second kappa shape index (κ2) is 6.22. The molecule has 3 unspecified atom stereocenters. The van der Waals surface area contributed by atoms with E-state index >= 15 is 0 Å². The monoisotopic (exact) mass is 277 g/mol. The van der Waals surface area contributed by atoms with Crippen molar-refractivity contribution >= 4 is 0 Å². The summed E-state index contributed by atoms with van der Waals surface area (Å²) in [5.74, 6) is 0. The van der Waals surface area contributed by atoms with Crippen LogP contribution in [0.4, 0.5) is 0 Å². The quantitative estimate of drug-likeness (QED) is 0.878. The highest BCUT2D eigenvalue weighted by Gasteiger charge is 2.40. The van der Waals surface area contributed by atoms with Crippen LogP contribution in [0.5, 0.6) is 0 Å². The molecule has 2 N–H and O–H groups in total. The second-order valence-electron chi connectivity index (χ2n) is 5.86. The van der Waals surface area contributed by atoms with Gasteiger partial charge in [-0.3, -0.25) is 0 Å². The smallest absolute Gasteiger partial charge is 0.0951 e. The van der Waals surface area contributed by atoms with E-state index in [1.54, 1.807) is 0 Å². The van der Waals surface area contributed by atoms with Gasteiger partial charge >= 0.3 is 0 Å². The molecule has 3 atom stereocenters. The van der Waals surface area contributed by atoms with Gasteiger partial charge in [-0.25, -0.2) is 0 Å². The van der Waals surface area contributed by atoms with Crippen LogP contribution in [0.3, 0.4) is 0 Å². The van der Waals surface area contributed by atoms with Crippen LogP contribution in [0.1, 0.15) is 30.9 Å². The summed E-state index contributed by atoms with van der Waals surface area (Å²) >= 11 is 0. The van der Waals surface area contributed by atoms with Gasteiger partial charge in [-0.1, -0.05) is 30.3 Å². The van der Waals surface area contributed by atoms with Crippen molar-refractivity contribution in [2.75, 3.05) is 26.4 Å². The molecule has 4 heteroatoms. The molecule has 0 aromatic heterocycles. The van der Waals surface area contributed by atoms with Crippen LogP contribution in [-0.4, -0.2) is 43.1 Å². The Bertz CT molecular complexity index is 417. The lowest BCUT2D eigenvalue weighted by Gasteiger charge is -2.37. The van der Waals surface area contributed by atoms with Crippen molar-refractivity contribution in [3.05, 3.63) is 35.9 Å². The average molecular weight is 277 g/mol. The summed E-state index contributed by atoms with van der Waals surface area (Å²) in [5, 5.41) is 13.7. The molecule has 3 rings (SSSR count). The first-order valence-electron chi connectivity index (χ1n) is 7.46. The fourth-order valence-electron chi connectivity index (χ4n) is 3.14. The number of ether oxygens (including phenoxy) is 2. The molecule has 0 bridgehead atoms. The molecule has 2 heterocycles.